The quantitative estimate of drug-likeness (QED) is 0.756. The van der Waals surface area contributed by atoms with Crippen molar-refractivity contribution < 1.29 is 14.4 Å². The van der Waals surface area contributed by atoms with E-state index in [4.69, 9.17) is 26.6 Å². The minimum atomic E-state index is -0.462. The molecule has 0 spiro atoms. The van der Waals surface area contributed by atoms with Crippen molar-refractivity contribution in [2.45, 2.75) is 20.4 Å². The first-order chi connectivity index (χ1) is 13.9. The second-order valence-corrected chi connectivity index (χ2v) is 7.12. The Kier molecular flexibility index (Phi) is 4.98. The van der Waals surface area contributed by atoms with Gasteiger partial charge in [-0.3, -0.25) is 10.2 Å². The van der Waals surface area contributed by atoms with Crippen molar-refractivity contribution in [3.8, 4) is 5.75 Å². The number of benzene rings is 1. The fourth-order valence-corrected chi connectivity index (χ4v) is 3.20. The van der Waals surface area contributed by atoms with E-state index in [0.29, 0.717) is 29.8 Å². The zero-order valence-electron chi connectivity index (χ0n) is 16.0. The van der Waals surface area contributed by atoms with Gasteiger partial charge in [0, 0.05) is 23.0 Å². The number of aromatic nitrogens is 1. The number of rotatable bonds is 5. The fraction of sp³-hybridized carbons (Fsp3) is 0.190. The van der Waals surface area contributed by atoms with Gasteiger partial charge in [0.25, 0.3) is 5.91 Å². The zero-order valence-corrected chi connectivity index (χ0v) is 16.7. The maximum atomic E-state index is 12.4. The SMILES string of the molecule is CC1=CC2=NC(=O)/C(=C\c3cccn3CCOc3ccc(Cl)c(C)c3)C(=N)N2O1. The van der Waals surface area contributed by atoms with Crippen LogP contribution in [-0.2, 0) is 16.2 Å². The Morgan fingerprint density at radius 2 is 2.14 bits per heavy atom. The highest BCUT2D eigenvalue weighted by molar-refractivity contribution is 6.32. The molecule has 1 N–H and O–H groups in total. The smallest absolute Gasteiger partial charge is 0.283 e. The van der Waals surface area contributed by atoms with E-state index in [0.717, 1.165) is 17.0 Å². The van der Waals surface area contributed by atoms with Crippen LogP contribution in [0.1, 0.15) is 18.2 Å². The van der Waals surface area contributed by atoms with Gasteiger partial charge < -0.3 is 14.1 Å². The molecule has 148 valence electrons. The van der Waals surface area contributed by atoms with Crippen molar-refractivity contribution in [2.75, 3.05) is 6.61 Å². The van der Waals surface area contributed by atoms with Crippen LogP contribution in [0.25, 0.3) is 6.08 Å². The lowest BCUT2D eigenvalue weighted by molar-refractivity contribution is -0.114. The molecule has 1 aromatic heterocycles. The van der Waals surface area contributed by atoms with Gasteiger partial charge in [-0.2, -0.15) is 4.99 Å². The summed E-state index contributed by atoms with van der Waals surface area (Å²) in [5, 5.41) is 10.3. The number of allylic oxidation sites excluding steroid dienone is 1. The van der Waals surface area contributed by atoms with E-state index in [1.807, 2.05) is 48.0 Å². The molecule has 0 radical (unpaired) electrons. The summed E-state index contributed by atoms with van der Waals surface area (Å²) in [6, 6.07) is 9.28. The molecule has 0 saturated carbocycles. The fourth-order valence-electron chi connectivity index (χ4n) is 3.08. The van der Waals surface area contributed by atoms with Crippen LogP contribution in [0, 0.1) is 12.3 Å². The summed E-state index contributed by atoms with van der Waals surface area (Å²) < 4.78 is 7.75. The Hall–Kier alpha value is -3.32. The lowest BCUT2D eigenvalue weighted by atomic mass is 10.1. The molecule has 29 heavy (non-hydrogen) atoms. The lowest BCUT2D eigenvalue weighted by Gasteiger charge is -2.23. The molecule has 8 heteroatoms. The first kappa shape index (κ1) is 19.0. The number of nitrogens with one attached hydrogen (secondary N) is 1. The van der Waals surface area contributed by atoms with Gasteiger partial charge in [0.1, 0.15) is 18.1 Å². The molecular weight excluding hydrogens is 392 g/mol. The summed E-state index contributed by atoms with van der Waals surface area (Å²) in [6.07, 6.45) is 5.17. The van der Waals surface area contributed by atoms with Crippen LogP contribution in [0.2, 0.25) is 5.02 Å². The minimum Gasteiger partial charge on any atom is -0.492 e. The molecule has 0 fully saturated rings. The number of hydrogen-bond donors (Lipinski definition) is 1. The molecule has 2 aliphatic rings. The van der Waals surface area contributed by atoms with Crippen LogP contribution in [0.4, 0.5) is 0 Å². The van der Waals surface area contributed by atoms with Gasteiger partial charge in [-0.1, -0.05) is 11.6 Å². The second-order valence-electron chi connectivity index (χ2n) is 6.71. The van der Waals surface area contributed by atoms with Crippen LogP contribution < -0.4 is 4.74 Å². The predicted molar refractivity (Wildman–Crippen MR) is 111 cm³/mol. The van der Waals surface area contributed by atoms with E-state index >= 15 is 0 Å². The van der Waals surface area contributed by atoms with Crippen molar-refractivity contribution in [2.24, 2.45) is 4.99 Å². The maximum Gasteiger partial charge on any atom is 0.283 e. The summed E-state index contributed by atoms with van der Waals surface area (Å²) in [5.41, 5.74) is 1.90. The first-order valence-corrected chi connectivity index (χ1v) is 9.44. The Bertz CT molecular complexity index is 1100. The predicted octanol–water partition coefficient (Wildman–Crippen LogP) is 3.98. The number of carbonyl (C=O) groups excluding carboxylic acids is 1. The number of nitrogens with zero attached hydrogens (tertiary/aromatic N) is 3. The Balaban J connectivity index is 1.47. The standard InChI is InChI=1S/C21H19ClN4O3/c1-13-10-16(5-6-18(13)22)28-9-8-25-7-3-4-15(25)12-17-20(23)26-19(24-21(17)27)11-14(2)29-26/h3-7,10-12,23H,8-9H2,1-2H3/b17-12-,23-20?. The molecular formula is C21H19ClN4O3. The van der Waals surface area contributed by atoms with Crippen LogP contribution >= 0.6 is 11.6 Å². The van der Waals surface area contributed by atoms with Crippen molar-refractivity contribution in [1.29, 1.82) is 5.41 Å². The molecule has 0 saturated heterocycles. The Morgan fingerprint density at radius 3 is 2.93 bits per heavy atom. The number of aliphatic imine (C=N–C) groups is 1. The maximum absolute atomic E-state index is 12.4. The van der Waals surface area contributed by atoms with E-state index in [-0.39, 0.29) is 11.4 Å². The van der Waals surface area contributed by atoms with Crippen LogP contribution in [0.3, 0.4) is 0 Å². The van der Waals surface area contributed by atoms with Gasteiger partial charge in [-0.05, 0) is 55.8 Å². The highest BCUT2D eigenvalue weighted by Gasteiger charge is 2.34. The van der Waals surface area contributed by atoms with Gasteiger partial charge >= 0.3 is 0 Å². The number of hydroxylamine groups is 2. The normalized spacial score (nSPS) is 17.2. The van der Waals surface area contributed by atoms with Gasteiger partial charge in [-0.25, -0.2) is 0 Å². The van der Waals surface area contributed by atoms with E-state index < -0.39 is 5.91 Å². The third-order valence-corrected chi connectivity index (χ3v) is 4.99. The summed E-state index contributed by atoms with van der Waals surface area (Å²) >= 11 is 6.04. The number of carbonyl (C=O) groups is 1. The Morgan fingerprint density at radius 1 is 1.31 bits per heavy atom. The number of ether oxygens (including phenoxy) is 1. The minimum absolute atomic E-state index is 0.0336. The molecule has 1 amide bonds. The molecule has 4 rings (SSSR count). The third-order valence-electron chi connectivity index (χ3n) is 4.57. The van der Waals surface area contributed by atoms with E-state index in [1.54, 1.807) is 19.1 Å². The second kappa shape index (κ2) is 7.60. The van der Waals surface area contributed by atoms with E-state index in [9.17, 15) is 4.79 Å². The summed E-state index contributed by atoms with van der Waals surface area (Å²) in [6.45, 7) is 4.69. The van der Waals surface area contributed by atoms with Crippen LogP contribution in [-0.4, -0.2) is 33.8 Å². The summed E-state index contributed by atoms with van der Waals surface area (Å²) in [5.74, 6) is 1.17. The highest BCUT2D eigenvalue weighted by atomic mass is 35.5. The average molecular weight is 411 g/mol. The van der Waals surface area contributed by atoms with Crippen molar-refractivity contribution >= 4 is 35.3 Å². The monoisotopic (exact) mass is 410 g/mol. The molecule has 0 aliphatic carbocycles. The molecule has 1 aromatic carbocycles. The highest BCUT2D eigenvalue weighted by Crippen LogP contribution is 2.24. The average Bonchev–Trinajstić information content (AvgIpc) is 3.27. The molecule has 2 aliphatic heterocycles. The molecule has 3 heterocycles. The number of fused-ring (bicyclic) bond motifs is 1. The van der Waals surface area contributed by atoms with Crippen molar-refractivity contribution in [1.82, 2.24) is 9.63 Å². The van der Waals surface area contributed by atoms with Gasteiger partial charge in [0.2, 0.25) is 0 Å². The number of amidine groups is 2. The largest absolute Gasteiger partial charge is 0.492 e. The number of hydrogen-bond acceptors (Lipinski definition) is 4. The lowest BCUT2D eigenvalue weighted by Crippen LogP contribution is -2.38. The molecule has 0 bridgehead atoms. The van der Waals surface area contributed by atoms with Gasteiger partial charge in [0.05, 0.1) is 12.1 Å². The number of halogens is 1. The van der Waals surface area contributed by atoms with Gasteiger partial charge in [-0.15, -0.1) is 5.06 Å². The number of amides is 1. The molecule has 2 aromatic rings. The van der Waals surface area contributed by atoms with E-state index in [1.165, 1.54) is 5.06 Å². The molecule has 7 nitrogen and oxygen atoms in total. The van der Waals surface area contributed by atoms with Crippen molar-refractivity contribution in [3.05, 3.63) is 70.2 Å². The first-order valence-electron chi connectivity index (χ1n) is 9.06. The van der Waals surface area contributed by atoms with Crippen LogP contribution in [0.15, 0.2) is 58.9 Å². The summed E-state index contributed by atoms with van der Waals surface area (Å²) in [7, 11) is 0. The topological polar surface area (TPSA) is 79.9 Å². The third kappa shape index (κ3) is 3.82. The molecule has 0 atom stereocenters. The number of aryl methyl sites for hydroxylation is 1. The van der Waals surface area contributed by atoms with Crippen LogP contribution in [0.5, 0.6) is 5.75 Å². The van der Waals surface area contributed by atoms with E-state index in [2.05, 4.69) is 4.99 Å². The summed E-state index contributed by atoms with van der Waals surface area (Å²) in [4.78, 5) is 21.8. The molecule has 0 unspecified atom stereocenters. The van der Waals surface area contributed by atoms with Gasteiger partial charge in [0.15, 0.2) is 11.7 Å². The van der Waals surface area contributed by atoms with Crippen molar-refractivity contribution in [3.63, 3.8) is 0 Å². The Labute approximate surface area is 173 Å². The zero-order chi connectivity index (χ0) is 20.5.